The van der Waals surface area contributed by atoms with Crippen LogP contribution in [0, 0.1) is 17.8 Å². The summed E-state index contributed by atoms with van der Waals surface area (Å²) in [6.07, 6.45) is 17.2. The molecule has 2 aliphatic heterocycles. The second-order valence-corrected chi connectivity index (χ2v) is 10.2. The van der Waals surface area contributed by atoms with Crippen molar-refractivity contribution in [1.82, 2.24) is 0 Å². The fourth-order valence-electron chi connectivity index (χ4n) is 6.39. The van der Waals surface area contributed by atoms with E-state index in [1.54, 1.807) is 0 Å². The molecule has 0 aliphatic carbocycles. The third-order valence-electron chi connectivity index (χ3n) is 8.18. The fraction of sp³-hybridized carbons (Fsp3) is 1.00. The molecule has 0 aromatic carbocycles. The Morgan fingerprint density at radius 3 is 1.78 bits per heavy atom. The van der Waals surface area contributed by atoms with Crippen molar-refractivity contribution in [2.75, 3.05) is 14.2 Å². The maximum absolute atomic E-state index is 6.42. The van der Waals surface area contributed by atoms with Gasteiger partial charge in [0.2, 0.25) is 0 Å². The number of epoxide rings is 2. The van der Waals surface area contributed by atoms with E-state index >= 15 is 0 Å². The normalized spacial score (nSPS) is 27.8. The van der Waals surface area contributed by atoms with Gasteiger partial charge in [0.1, 0.15) is 0 Å². The van der Waals surface area contributed by atoms with Gasteiger partial charge >= 0.3 is 0 Å². The minimum atomic E-state index is -0.602. The summed E-state index contributed by atoms with van der Waals surface area (Å²) in [6.45, 7) is 11.4. The second kappa shape index (κ2) is 14.3. The third-order valence-corrected chi connectivity index (χ3v) is 8.18. The van der Waals surface area contributed by atoms with Gasteiger partial charge in [-0.3, -0.25) is 0 Å². The van der Waals surface area contributed by atoms with E-state index in [9.17, 15) is 0 Å². The zero-order chi connectivity index (χ0) is 23.6. The van der Waals surface area contributed by atoms with Crippen molar-refractivity contribution >= 4 is 0 Å². The van der Waals surface area contributed by atoms with Crippen molar-refractivity contribution in [3.05, 3.63) is 0 Å². The predicted molar refractivity (Wildman–Crippen MR) is 133 cm³/mol. The summed E-state index contributed by atoms with van der Waals surface area (Å²) in [5.41, 5.74) is 0. The lowest BCUT2D eigenvalue weighted by atomic mass is 9.70. The molecule has 190 valence electrons. The Bertz CT molecular complexity index is 492. The highest BCUT2D eigenvalue weighted by Crippen LogP contribution is 2.51. The first-order valence-corrected chi connectivity index (χ1v) is 14.0. The van der Waals surface area contributed by atoms with Crippen molar-refractivity contribution < 1.29 is 18.9 Å². The van der Waals surface area contributed by atoms with Crippen molar-refractivity contribution in [2.45, 2.75) is 148 Å². The molecule has 0 bridgehead atoms. The number of hydrogen-bond acceptors (Lipinski definition) is 4. The van der Waals surface area contributed by atoms with Gasteiger partial charge in [-0.05, 0) is 31.6 Å². The molecule has 0 N–H and O–H groups in total. The van der Waals surface area contributed by atoms with Gasteiger partial charge in [-0.1, -0.05) is 92.4 Å². The van der Waals surface area contributed by atoms with Crippen LogP contribution in [0.5, 0.6) is 0 Å². The molecule has 4 heteroatoms. The average Bonchev–Trinajstić information content (AvgIpc) is 3.72. The quantitative estimate of drug-likeness (QED) is 0.108. The van der Waals surface area contributed by atoms with Crippen molar-refractivity contribution in [3.63, 3.8) is 0 Å². The van der Waals surface area contributed by atoms with E-state index in [4.69, 9.17) is 18.9 Å². The number of ether oxygens (including phenoxy) is 4. The lowest BCUT2D eigenvalue weighted by molar-refractivity contribution is -0.287. The summed E-state index contributed by atoms with van der Waals surface area (Å²) in [4.78, 5) is 0. The highest BCUT2D eigenvalue weighted by atomic mass is 16.7. The van der Waals surface area contributed by atoms with Gasteiger partial charge in [0.05, 0.1) is 24.4 Å². The van der Waals surface area contributed by atoms with E-state index in [0.717, 1.165) is 32.1 Å². The first-order valence-electron chi connectivity index (χ1n) is 14.0. The molecule has 32 heavy (non-hydrogen) atoms. The number of rotatable bonds is 20. The molecule has 0 amide bonds. The summed E-state index contributed by atoms with van der Waals surface area (Å²) in [7, 11) is 3.73. The van der Waals surface area contributed by atoms with E-state index in [2.05, 4.69) is 34.6 Å². The minimum absolute atomic E-state index is 0.260. The molecule has 0 spiro atoms. The van der Waals surface area contributed by atoms with Crippen LogP contribution in [-0.4, -0.2) is 44.4 Å². The number of methoxy groups -OCH3 is 2. The van der Waals surface area contributed by atoms with Crippen LogP contribution in [0.25, 0.3) is 0 Å². The van der Waals surface area contributed by atoms with Gasteiger partial charge in [0.25, 0.3) is 0 Å². The molecule has 0 radical (unpaired) electrons. The lowest BCUT2D eigenvalue weighted by Crippen LogP contribution is -2.54. The number of hydrogen-bond donors (Lipinski definition) is 0. The Morgan fingerprint density at radius 1 is 0.688 bits per heavy atom. The molecule has 2 rings (SSSR count). The van der Waals surface area contributed by atoms with Crippen LogP contribution in [0.4, 0.5) is 0 Å². The molecular formula is C28H54O4. The molecule has 2 saturated heterocycles. The van der Waals surface area contributed by atoms with Crippen molar-refractivity contribution in [1.29, 1.82) is 0 Å². The first kappa shape index (κ1) is 28.1. The molecule has 2 fully saturated rings. The summed E-state index contributed by atoms with van der Waals surface area (Å²) in [5, 5.41) is 0. The second-order valence-electron chi connectivity index (χ2n) is 10.2. The average molecular weight is 455 g/mol. The maximum Gasteiger partial charge on any atom is 0.176 e. The van der Waals surface area contributed by atoms with Crippen LogP contribution in [0.3, 0.4) is 0 Å². The van der Waals surface area contributed by atoms with Gasteiger partial charge in [0.15, 0.2) is 5.79 Å². The summed E-state index contributed by atoms with van der Waals surface area (Å²) >= 11 is 0. The van der Waals surface area contributed by atoms with E-state index in [1.165, 1.54) is 51.4 Å². The molecule has 0 aromatic rings. The van der Waals surface area contributed by atoms with Crippen LogP contribution in [0.15, 0.2) is 0 Å². The molecule has 0 aromatic heterocycles. The Labute approximate surface area is 199 Å². The summed E-state index contributed by atoms with van der Waals surface area (Å²) in [6, 6.07) is 0. The Kier molecular flexibility index (Phi) is 12.5. The number of unbranched alkanes of at least 4 members (excludes halogenated alkanes) is 5. The lowest BCUT2D eigenvalue weighted by Gasteiger charge is -2.46. The first-order chi connectivity index (χ1) is 15.6. The standard InChI is InChI=1S/C28H54O4/c1-8-13-14-15-16-17-20-23(21(11-4)26-24(31-26)18-9-2)28(29-6,30-7)22(12-5)27-25(32-27)19-10-3/h21-27H,8-20H2,1-7H3. The van der Waals surface area contributed by atoms with Crippen molar-refractivity contribution in [3.8, 4) is 0 Å². The molecular weight excluding hydrogens is 400 g/mol. The molecule has 7 unspecified atom stereocenters. The Balaban J connectivity index is 2.22. The monoisotopic (exact) mass is 454 g/mol. The Morgan fingerprint density at radius 2 is 1.25 bits per heavy atom. The molecule has 4 nitrogen and oxygen atoms in total. The van der Waals surface area contributed by atoms with E-state index < -0.39 is 5.79 Å². The highest BCUT2D eigenvalue weighted by Gasteiger charge is 2.60. The van der Waals surface area contributed by atoms with Gasteiger partial charge in [-0.25, -0.2) is 0 Å². The van der Waals surface area contributed by atoms with Crippen LogP contribution in [-0.2, 0) is 18.9 Å². The molecule has 0 saturated carbocycles. The third kappa shape index (κ3) is 6.93. The summed E-state index contributed by atoms with van der Waals surface area (Å²) < 4.78 is 25.3. The predicted octanol–water partition coefficient (Wildman–Crippen LogP) is 7.53. The van der Waals surface area contributed by atoms with Crippen molar-refractivity contribution in [2.24, 2.45) is 17.8 Å². The van der Waals surface area contributed by atoms with E-state index in [-0.39, 0.29) is 12.0 Å². The van der Waals surface area contributed by atoms with Crippen LogP contribution < -0.4 is 0 Å². The van der Waals surface area contributed by atoms with Crippen LogP contribution in [0.1, 0.15) is 118 Å². The van der Waals surface area contributed by atoms with Crippen LogP contribution in [0.2, 0.25) is 0 Å². The Hall–Kier alpha value is -0.160. The summed E-state index contributed by atoms with van der Waals surface area (Å²) in [5.74, 6) is 0.461. The highest BCUT2D eigenvalue weighted by molar-refractivity contribution is 5.03. The molecule has 7 atom stereocenters. The molecule has 2 heterocycles. The zero-order valence-electron chi connectivity index (χ0n) is 22.4. The van der Waals surface area contributed by atoms with Gasteiger partial charge in [0, 0.05) is 26.1 Å². The smallest absolute Gasteiger partial charge is 0.176 e. The molecule has 2 aliphatic rings. The van der Waals surface area contributed by atoms with Gasteiger partial charge < -0.3 is 18.9 Å². The van der Waals surface area contributed by atoms with Gasteiger partial charge in [-0.15, -0.1) is 0 Å². The maximum atomic E-state index is 6.42. The minimum Gasteiger partial charge on any atom is -0.369 e. The van der Waals surface area contributed by atoms with Gasteiger partial charge in [-0.2, -0.15) is 0 Å². The topological polar surface area (TPSA) is 43.5 Å². The largest absolute Gasteiger partial charge is 0.369 e. The zero-order valence-corrected chi connectivity index (χ0v) is 22.4. The van der Waals surface area contributed by atoms with E-state index in [0.29, 0.717) is 30.1 Å². The van der Waals surface area contributed by atoms with E-state index in [1.807, 2.05) is 14.2 Å². The SMILES string of the molecule is CCCCCCCCC(C(CC)C1OC1CCC)C(OC)(OC)C(CC)C1OC1CCC. The van der Waals surface area contributed by atoms with Crippen LogP contribution >= 0.6 is 0 Å². The fourth-order valence-corrected chi connectivity index (χ4v) is 6.39.